The molecule has 0 saturated heterocycles. The van der Waals surface area contributed by atoms with Crippen LogP contribution in [0, 0.1) is 10.1 Å². The molecule has 10 heavy (non-hydrogen) atoms. The molecule has 1 rings (SSSR count). The van der Waals surface area contributed by atoms with Gasteiger partial charge in [-0.15, -0.1) is 4.68 Å². The molecule has 0 aromatic carbocycles. The Morgan fingerprint density at radius 3 is 2.60 bits per heavy atom. The van der Waals surface area contributed by atoms with Crippen LogP contribution in [-0.2, 0) is 0 Å². The predicted octanol–water partition coefficient (Wildman–Crippen LogP) is -0.913. The predicted molar refractivity (Wildman–Crippen MR) is 33.4 cm³/mol. The first-order valence-corrected chi connectivity index (χ1v) is 2.35. The molecular formula is C3H5N5O2. The summed E-state index contributed by atoms with van der Waals surface area (Å²) in [6.07, 6.45) is 1.08. The van der Waals surface area contributed by atoms with E-state index in [2.05, 4.69) is 4.98 Å². The maximum Gasteiger partial charge on any atom is 0.389 e. The molecule has 0 bridgehead atoms. The van der Waals surface area contributed by atoms with E-state index in [1.165, 1.54) is 0 Å². The van der Waals surface area contributed by atoms with E-state index in [0.29, 0.717) is 0 Å². The number of imidazole rings is 1. The van der Waals surface area contributed by atoms with Crippen molar-refractivity contribution >= 4 is 11.6 Å². The van der Waals surface area contributed by atoms with Gasteiger partial charge >= 0.3 is 5.82 Å². The van der Waals surface area contributed by atoms with Crippen LogP contribution < -0.4 is 11.6 Å². The van der Waals surface area contributed by atoms with Gasteiger partial charge in [-0.25, -0.2) is 0 Å². The summed E-state index contributed by atoms with van der Waals surface area (Å²) in [6, 6.07) is 0. The summed E-state index contributed by atoms with van der Waals surface area (Å²) in [7, 11) is 0. The van der Waals surface area contributed by atoms with Crippen LogP contribution in [0.2, 0.25) is 0 Å². The van der Waals surface area contributed by atoms with Crippen molar-refractivity contribution in [3.8, 4) is 0 Å². The third kappa shape index (κ3) is 0.729. The molecule has 0 saturated carbocycles. The Balaban J connectivity index is 3.23. The van der Waals surface area contributed by atoms with Gasteiger partial charge in [0.1, 0.15) is 0 Å². The van der Waals surface area contributed by atoms with Crippen molar-refractivity contribution < 1.29 is 4.92 Å². The van der Waals surface area contributed by atoms with Crippen LogP contribution in [0.25, 0.3) is 0 Å². The molecule has 7 nitrogen and oxygen atoms in total. The van der Waals surface area contributed by atoms with E-state index in [0.717, 1.165) is 11.0 Å². The molecule has 4 N–H and O–H groups in total. The molecule has 0 spiro atoms. The van der Waals surface area contributed by atoms with Crippen LogP contribution in [0.1, 0.15) is 0 Å². The van der Waals surface area contributed by atoms with Crippen LogP contribution in [0.3, 0.4) is 0 Å². The van der Waals surface area contributed by atoms with Crippen molar-refractivity contribution in [3.05, 3.63) is 16.4 Å². The molecule has 1 aromatic heterocycles. The number of hydrogen-bond donors (Lipinski definition) is 2. The SMILES string of the molecule is Nc1ncn(N)c1[N+](=O)[O-]. The first-order valence-electron chi connectivity index (χ1n) is 2.35. The minimum absolute atomic E-state index is 0.174. The highest BCUT2D eigenvalue weighted by Gasteiger charge is 2.16. The van der Waals surface area contributed by atoms with Gasteiger partial charge < -0.3 is 15.8 Å². The molecule has 54 valence electrons. The molecule has 0 unspecified atom stereocenters. The molecular weight excluding hydrogens is 138 g/mol. The molecule has 0 radical (unpaired) electrons. The minimum atomic E-state index is -0.692. The second-order valence-corrected chi connectivity index (χ2v) is 1.62. The lowest BCUT2D eigenvalue weighted by molar-refractivity contribution is -0.390. The van der Waals surface area contributed by atoms with Crippen LogP contribution in [0.4, 0.5) is 11.6 Å². The van der Waals surface area contributed by atoms with Gasteiger partial charge in [-0.1, -0.05) is 0 Å². The van der Waals surface area contributed by atoms with Gasteiger partial charge in [0.25, 0.3) is 0 Å². The van der Waals surface area contributed by atoms with Crippen LogP contribution in [-0.4, -0.2) is 14.6 Å². The van der Waals surface area contributed by atoms with Crippen molar-refractivity contribution in [1.29, 1.82) is 0 Å². The standard InChI is InChI=1S/C3H5N5O2/c4-2-3(8(9)10)7(5)1-6-2/h1H,4-5H2. The molecule has 0 aliphatic rings. The van der Waals surface area contributed by atoms with Crippen molar-refractivity contribution in [2.24, 2.45) is 0 Å². The van der Waals surface area contributed by atoms with E-state index in [9.17, 15) is 10.1 Å². The van der Waals surface area contributed by atoms with Gasteiger partial charge in [-0.05, 0) is 4.92 Å². The quantitative estimate of drug-likeness (QED) is 0.300. The highest BCUT2D eigenvalue weighted by Crippen LogP contribution is 2.15. The third-order valence-corrected chi connectivity index (χ3v) is 0.968. The number of nitrogen functional groups attached to an aromatic ring is 2. The lowest BCUT2D eigenvalue weighted by Gasteiger charge is -1.91. The highest BCUT2D eigenvalue weighted by atomic mass is 16.6. The number of hydrogen-bond acceptors (Lipinski definition) is 5. The fraction of sp³-hybridized carbons (Fsp3) is 0. The summed E-state index contributed by atoms with van der Waals surface area (Å²) < 4.78 is 0.759. The van der Waals surface area contributed by atoms with E-state index in [4.69, 9.17) is 11.6 Å². The van der Waals surface area contributed by atoms with Gasteiger partial charge in [0, 0.05) is 0 Å². The van der Waals surface area contributed by atoms with Crippen molar-refractivity contribution in [2.45, 2.75) is 0 Å². The average molecular weight is 143 g/mol. The maximum atomic E-state index is 10.1. The van der Waals surface area contributed by atoms with Crippen LogP contribution in [0.5, 0.6) is 0 Å². The van der Waals surface area contributed by atoms with Gasteiger partial charge in [0.2, 0.25) is 12.1 Å². The van der Waals surface area contributed by atoms with E-state index in [-0.39, 0.29) is 11.6 Å². The molecule has 0 aliphatic heterocycles. The molecule has 7 heteroatoms. The normalized spacial score (nSPS) is 9.60. The number of nitro groups is 1. The van der Waals surface area contributed by atoms with Crippen molar-refractivity contribution in [3.63, 3.8) is 0 Å². The maximum absolute atomic E-state index is 10.1. The first-order chi connectivity index (χ1) is 4.63. The van der Waals surface area contributed by atoms with E-state index in [1.54, 1.807) is 0 Å². The summed E-state index contributed by atoms with van der Waals surface area (Å²) in [5.41, 5.74) is 5.09. The Morgan fingerprint density at radius 2 is 2.40 bits per heavy atom. The lowest BCUT2D eigenvalue weighted by atomic mass is 10.7. The van der Waals surface area contributed by atoms with E-state index >= 15 is 0 Å². The van der Waals surface area contributed by atoms with Gasteiger partial charge in [-0.2, -0.15) is 4.98 Å². The summed E-state index contributed by atoms with van der Waals surface area (Å²) >= 11 is 0. The van der Waals surface area contributed by atoms with Gasteiger partial charge in [0.15, 0.2) is 0 Å². The average Bonchev–Trinajstić information content (AvgIpc) is 2.11. The topological polar surface area (TPSA) is 113 Å². The number of nitrogens with two attached hydrogens (primary N) is 2. The second-order valence-electron chi connectivity index (χ2n) is 1.62. The smallest absolute Gasteiger partial charge is 0.377 e. The summed E-state index contributed by atoms with van der Waals surface area (Å²) in [5, 5.41) is 10.1. The second kappa shape index (κ2) is 1.87. The van der Waals surface area contributed by atoms with Crippen LogP contribution in [0.15, 0.2) is 6.33 Å². The van der Waals surface area contributed by atoms with Crippen molar-refractivity contribution in [1.82, 2.24) is 9.66 Å². The third-order valence-electron chi connectivity index (χ3n) is 0.968. The number of aromatic nitrogens is 2. The summed E-state index contributed by atoms with van der Waals surface area (Å²) in [5.74, 6) is 4.51. The monoisotopic (exact) mass is 143 g/mol. The Labute approximate surface area is 55.4 Å². The zero-order valence-corrected chi connectivity index (χ0v) is 4.89. The molecule has 1 aromatic rings. The molecule has 0 aliphatic carbocycles. The molecule has 0 amide bonds. The molecule has 0 atom stereocenters. The largest absolute Gasteiger partial charge is 0.389 e. The zero-order valence-electron chi connectivity index (χ0n) is 4.89. The Bertz CT molecular complexity index is 246. The first kappa shape index (κ1) is 6.33. The number of anilines is 1. The fourth-order valence-electron chi connectivity index (χ4n) is 0.557. The fourth-order valence-corrected chi connectivity index (χ4v) is 0.557. The zero-order chi connectivity index (χ0) is 7.72. The van der Waals surface area contributed by atoms with Gasteiger partial charge in [-0.3, -0.25) is 5.84 Å². The summed E-state index contributed by atoms with van der Waals surface area (Å²) in [4.78, 5) is 12.8. The van der Waals surface area contributed by atoms with E-state index in [1.807, 2.05) is 0 Å². The van der Waals surface area contributed by atoms with Gasteiger partial charge in [0.05, 0.1) is 0 Å². The Hall–Kier alpha value is -1.79. The Morgan fingerprint density at radius 1 is 1.80 bits per heavy atom. The van der Waals surface area contributed by atoms with Crippen LogP contribution >= 0.6 is 0 Å². The number of rotatable bonds is 1. The summed E-state index contributed by atoms with van der Waals surface area (Å²) in [6.45, 7) is 0. The Kier molecular flexibility index (Phi) is 1.18. The van der Waals surface area contributed by atoms with E-state index < -0.39 is 4.92 Å². The molecule has 0 fully saturated rings. The molecule has 1 heterocycles. The number of nitrogens with zero attached hydrogens (tertiary/aromatic N) is 3. The minimum Gasteiger partial charge on any atom is -0.377 e. The van der Waals surface area contributed by atoms with Crippen molar-refractivity contribution in [2.75, 3.05) is 11.6 Å². The lowest BCUT2D eigenvalue weighted by Crippen LogP contribution is -2.10. The highest BCUT2D eigenvalue weighted by molar-refractivity contribution is 5.46.